The van der Waals surface area contributed by atoms with Crippen LogP contribution in [0.2, 0.25) is 0 Å². The van der Waals surface area contributed by atoms with Crippen LogP contribution in [-0.2, 0) is 14.8 Å². The fraction of sp³-hybridized carbons (Fsp3) is 0.417. The van der Waals surface area contributed by atoms with Gasteiger partial charge in [0.2, 0.25) is 15.9 Å². The number of nitrogens with zero attached hydrogens (tertiary/aromatic N) is 1. The molecule has 1 fully saturated rings. The molecular formula is C12H16N2O3S. The van der Waals surface area contributed by atoms with E-state index in [9.17, 15) is 13.2 Å². The van der Waals surface area contributed by atoms with Crippen molar-refractivity contribution in [3.63, 3.8) is 0 Å². The SMILES string of the molecule is Cc1cccc(S(=O)(=O)N2CCCNC(=O)C2)c1. The zero-order valence-electron chi connectivity index (χ0n) is 10.2. The van der Waals surface area contributed by atoms with Gasteiger partial charge >= 0.3 is 0 Å². The normalized spacial score (nSPS) is 18.2. The smallest absolute Gasteiger partial charge is 0.243 e. The zero-order valence-corrected chi connectivity index (χ0v) is 11.0. The predicted molar refractivity (Wildman–Crippen MR) is 67.6 cm³/mol. The topological polar surface area (TPSA) is 66.5 Å². The second kappa shape index (κ2) is 5.07. The Morgan fingerprint density at radius 2 is 2.11 bits per heavy atom. The number of aryl methyl sites for hydroxylation is 1. The molecule has 6 heteroatoms. The molecule has 0 saturated carbocycles. The third kappa shape index (κ3) is 2.70. The van der Waals surface area contributed by atoms with Gasteiger partial charge in [-0.15, -0.1) is 0 Å². The third-order valence-corrected chi connectivity index (χ3v) is 4.69. The van der Waals surface area contributed by atoms with E-state index in [-0.39, 0.29) is 17.3 Å². The van der Waals surface area contributed by atoms with Crippen LogP contribution >= 0.6 is 0 Å². The summed E-state index contributed by atoms with van der Waals surface area (Å²) in [6.07, 6.45) is 0.636. The molecule has 1 saturated heterocycles. The van der Waals surface area contributed by atoms with E-state index in [1.165, 1.54) is 4.31 Å². The summed E-state index contributed by atoms with van der Waals surface area (Å²) in [5.41, 5.74) is 0.885. The van der Waals surface area contributed by atoms with E-state index in [1.807, 2.05) is 13.0 Å². The number of hydrogen-bond acceptors (Lipinski definition) is 3. The average Bonchev–Trinajstić information content (AvgIpc) is 2.54. The first-order chi connectivity index (χ1) is 8.50. The third-order valence-electron chi connectivity index (χ3n) is 2.85. The molecule has 1 aromatic rings. The fourth-order valence-electron chi connectivity index (χ4n) is 1.91. The van der Waals surface area contributed by atoms with E-state index in [4.69, 9.17) is 0 Å². The van der Waals surface area contributed by atoms with Gasteiger partial charge in [-0.05, 0) is 31.0 Å². The highest BCUT2D eigenvalue weighted by Gasteiger charge is 2.27. The Balaban J connectivity index is 2.32. The van der Waals surface area contributed by atoms with Gasteiger partial charge in [0.1, 0.15) is 0 Å². The van der Waals surface area contributed by atoms with Crippen molar-refractivity contribution in [2.45, 2.75) is 18.2 Å². The van der Waals surface area contributed by atoms with Crippen molar-refractivity contribution in [1.29, 1.82) is 0 Å². The summed E-state index contributed by atoms with van der Waals surface area (Å²) in [5, 5.41) is 2.66. The predicted octanol–water partition coefficient (Wildman–Crippen LogP) is 0.506. The Bertz CT molecular complexity index is 554. The maximum absolute atomic E-state index is 12.4. The summed E-state index contributed by atoms with van der Waals surface area (Å²) in [6, 6.07) is 6.73. The van der Waals surface area contributed by atoms with Crippen molar-refractivity contribution < 1.29 is 13.2 Å². The highest BCUT2D eigenvalue weighted by Crippen LogP contribution is 2.17. The minimum absolute atomic E-state index is 0.101. The minimum atomic E-state index is -3.57. The van der Waals surface area contributed by atoms with E-state index in [2.05, 4.69) is 5.32 Å². The molecule has 5 nitrogen and oxygen atoms in total. The first-order valence-corrected chi connectivity index (χ1v) is 7.28. The highest BCUT2D eigenvalue weighted by molar-refractivity contribution is 7.89. The number of carbonyl (C=O) groups excluding carboxylic acids is 1. The second-order valence-electron chi connectivity index (χ2n) is 4.36. The minimum Gasteiger partial charge on any atom is -0.355 e. The standard InChI is InChI=1S/C12H16N2O3S/c1-10-4-2-5-11(8-10)18(16,17)14-7-3-6-13-12(15)9-14/h2,4-5,8H,3,6-7,9H2,1H3,(H,13,15). The van der Waals surface area contributed by atoms with Crippen LogP contribution in [0.1, 0.15) is 12.0 Å². The molecule has 1 aliphatic rings. The first-order valence-electron chi connectivity index (χ1n) is 5.84. The average molecular weight is 268 g/mol. The lowest BCUT2D eigenvalue weighted by molar-refractivity contribution is -0.120. The van der Waals surface area contributed by atoms with Crippen molar-refractivity contribution in [2.75, 3.05) is 19.6 Å². The quantitative estimate of drug-likeness (QED) is 0.849. The largest absolute Gasteiger partial charge is 0.355 e. The van der Waals surface area contributed by atoms with E-state index in [0.29, 0.717) is 19.5 Å². The van der Waals surface area contributed by atoms with Crippen molar-refractivity contribution >= 4 is 15.9 Å². The van der Waals surface area contributed by atoms with Crippen LogP contribution < -0.4 is 5.32 Å². The Kier molecular flexibility index (Phi) is 3.68. The van der Waals surface area contributed by atoms with E-state index in [0.717, 1.165) is 5.56 Å². The summed E-state index contributed by atoms with van der Waals surface area (Å²) in [4.78, 5) is 11.7. The summed E-state index contributed by atoms with van der Waals surface area (Å²) in [6.45, 7) is 2.64. The number of sulfonamides is 1. The Hall–Kier alpha value is -1.40. The van der Waals surface area contributed by atoms with Crippen LogP contribution in [-0.4, -0.2) is 38.3 Å². The van der Waals surface area contributed by atoms with Gasteiger partial charge in [-0.25, -0.2) is 8.42 Å². The molecule has 1 heterocycles. The fourth-order valence-corrected chi connectivity index (χ4v) is 3.45. The van der Waals surface area contributed by atoms with E-state index >= 15 is 0 Å². The van der Waals surface area contributed by atoms with Gasteiger partial charge in [-0.3, -0.25) is 4.79 Å². The Morgan fingerprint density at radius 1 is 1.33 bits per heavy atom. The van der Waals surface area contributed by atoms with Crippen LogP contribution in [0.25, 0.3) is 0 Å². The summed E-state index contributed by atoms with van der Waals surface area (Å²) >= 11 is 0. The summed E-state index contributed by atoms with van der Waals surface area (Å²) < 4.78 is 26.0. The van der Waals surface area contributed by atoms with Gasteiger partial charge in [0, 0.05) is 13.1 Å². The number of benzene rings is 1. The lowest BCUT2D eigenvalue weighted by Gasteiger charge is -2.18. The number of nitrogens with one attached hydrogen (secondary N) is 1. The van der Waals surface area contributed by atoms with Gasteiger partial charge in [-0.1, -0.05) is 12.1 Å². The molecule has 1 aromatic carbocycles. The zero-order chi connectivity index (χ0) is 13.2. The monoisotopic (exact) mass is 268 g/mol. The summed E-state index contributed by atoms with van der Waals surface area (Å²) in [5.74, 6) is -0.247. The molecule has 1 N–H and O–H groups in total. The van der Waals surface area contributed by atoms with Gasteiger partial charge < -0.3 is 5.32 Å². The first kappa shape index (κ1) is 13.0. The molecule has 0 radical (unpaired) electrons. The van der Waals surface area contributed by atoms with Gasteiger partial charge in [0.15, 0.2) is 0 Å². The lowest BCUT2D eigenvalue weighted by Crippen LogP contribution is -2.37. The van der Waals surface area contributed by atoms with Crippen LogP contribution in [0, 0.1) is 6.92 Å². The van der Waals surface area contributed by atoms with Gasteiger partial charge in [0.25, 0.3) is 0 Å². The van der Waals surface area contributed by atoms with Crippen molar-refractivity contribution in [3.8, 4) is 0 Å². The molecular weight excluding hydrogens is 252 g/mol. The van der Waals surface area contributed by atoms with Crippen molar-refractivity contribution in [1.82, 2.24) is 9.62 Å². The molecule has 18 heavy (non-hydrogen) atoms. The molecule has 0 aliphatic carbocycles. The van der Waals surface area contributed by atoms with Crippen LogP contribution in [0.15, 0.2) is 29.2 Å². The maximum atomic E-state index is 12.4. The molecule has 2 rings (SSSR count). The number of rotatable bonds is 2. The molecule has 0 bridgehead atoms. The molecule has 1 amide bonds. The lowest BCUT2D eigenvalue weighted by atomic mass is 10.2. The Morgan fingerprint density at radius 3 is 2.83 bits per heavy atom. The molecule has 0 spiro atoms. The number of carbonyl (C=O) groups is 1. The van der Waals surface area contributed by atoms with E-state index in [1.54, 1.807) is 18.2 Å². The number of hydrogen-bond donors (Lipinski definition) is 1. The van der Waals surface area contributed by atoms with Crippen molar-refractivity contribution in [2.24, 2.45) is 0 Å². The van der Waals surface area contributed by atoms with Gasteiger partial charge in [0.05, 0.1) is 11.4 Å². The number of amides is 1. The molecule has 0 atom stereocenters. The van der Waals surface area contributed by atoms with E-state index < -0.39 is 10.0 Å². The molecule has 98 valence electrons. The van der Waals surface area contributed by atoms with Gasteiger partial charge in [-0.2, -0.15) is 4.31 Å². The van der Waals surface area contributed by atoms with Crippen molar-refractivity contribution in [3.05, 3.63) is 29.8 Å². The molecule has 0 aromatic heterocycles. The van der Waals surface area contributed by atoms with Crippen LogP contribution in [0.4, 0.5) is 0 Å². The van der Waals surface area contributed by atoms with Crippen LogP contribution in [0.3, 0.4) is 0 Å². The summed E-state index contributed by atoms with van der Waals surface area (Å²) in [7, 11) is -3.57. The maximum Gasteiger partial charge on any atom is 0.243 e. The van der Waals surface area contributed by atoms with Crippen LogP contribution in [0.5, 0.6) is 0 Å². The second-order valence-corrected chi connectivity index (χ2v) is 6.30. The molecule has 0 unspecified atom stereocenters. The highest BCUT2D eigenvalue weighted by atomic mass is 32.2. The Labute approximate surface area is 107 Å². The molecule has 1 aliphatic heterocycles.